The molecular formula is C19H27N3O5. The van der Waals surface area contributed by atoms with Gasteiger partial charge in [0.2, 0.25) is 5.91 Å². The average molecular weight is 377 g/mol. The Bertz CT molecular complexity index is 638. The number of carbonyl (C=O) groups excluding carboxylic acids is 2. The lowest BCUT2D eigenvalue weighted by atomic mass is 10.0. The normalized spacial score (nSPS) is 23.1. The number of amides is 2. The number of hydrogen-bond donors (Lipinski definition) is 0. The van der Waals surface area contributed by atoms with E-state index < -0.39 is 5.79 Å². The van der Waals surface area contributed by atoms with Crippen molar-refractivity contribution in [2.75, 3.05) is 59.0 Å². The highest BCUT2D eigenvalue weighted by Crippen LogP contribution is 2.31. The molecule has 2 amide bonds. The average Bonchev–Trinajstić information content (AvgIpc) is 3.39. The van der Waals surface area contributed by atoms with E-state index in [9.17, 15) is 9.59 Å². The fraction of sp³-hybridized carbons (Fsp3) is 0.684. The first kappa shape index (κ1) is 18.5. The lowest BCUT2D eigenvalue weighted by Gasteiger charge is -2.38. The zero-order valence-corrected chi connectivity index (χ0v) is 15.6. The molecule has 0 N–H and O–H groups in total. The first-order valence-electron chi connectivity index (χ1n) is 9.76. The third-order valence-electron chi connectivity index (χ3n) is 5.72. The van der Waals surface area contributed by atoms with Crippen LogP contribution in [0.3, 0.4) is 0 Å². The number of nitrogens with zero attached hydrogens (tertiary/aromatic N) is 3. The van der Waals surface area contributed by atoms with Gasteiger partial charge < -0.3 is 23.7 Å². The van der Waals surface area contributed by atoms with Gasteiger partial charge in [-0.1, -0.05) is 0 Å². The minimum Gasteiger partial charge on any atom is -0.459 e. The monoisotopic (exact) mass is 377 g/mol. The van der Waals surface area contributed by atoms with Crippen LogP contribution in [0.5, 0.6) is 0 Å². The van der Waals surface area contributed by atoms with Crippen LogP contribution in [0.4, 0.5) is 0 Å². The molecule has 1 aromatic rings. The largest absolute Gasteiger partial charge is 0.459 e. The van der Waals surface area contributed by atoms with Gasteiger partial charge in [-0.25, -0.2) is 0 Å². The van der Waals surface area contributed by atoms with Crippen LogP contribution >= 0.6 is 0 Å². The highest BCUT2D eigenvalue weighted by Gasteiger charge is 2.40. The van der Waals surface area contributed by atoms with Crippen LogP contribution in [0.25, 0.3) is 0 Å². The summed E-state index contributed by atoms with van der Waals surface area (Å²) in [5, 5.41) is 0. The van der Waals surface area contributed by atoms with Crippen molar-refractivity contribution >= 4 is 11.8 Å². The maximum Gasteiger partial charge on any atom is 0.289 e. The van der Waals surface area contributed by atoms with E-state index in [1.807, 2.05) is 9.80 Å². The smallest absolute Gasteiger partial charge is 0.289 e. The molecule has 4 heterocycles. The molecule has 148 valence electrons. The predicted molar refractivity (Wildman–Crippen MR) is 96.1 cm³/mol. The highest BCUT2D eigenvalue weighted by atomic mass is 16.7. The standard InChI is InChI=1S/C19H27N3O5/c23-17(21-7-4-19(5-8-21)26-14-15-27-19)3-6-20-9-11-22(12-10-20)18(24)16-2-1-13-25-16/h1-2,13H,3-12,14-15H2. The Hall–Kier alpha value is -1.90. The van der Waals surface area contributed by atoms with E-state index in [1.54, 1.807) is 12.1 Å². The molecule has 8 heteroatoms. The molecule has 4 rings (SSSR count). The molecule has 3 aliphatic heterocycles. The van der Waals surface area contributed by atoms with Gasteiger partial charge in [-0.3, -0.25) is 14.5 Å². The van der Waals surface area contributed by atoms with Gasteiger partial charge in [-0.2, -0.15) is 0 Å². The number of rotatable bonds is 4. The van der Waals surface area contributed by atoms with Gasteiger partial charge in [-0.05, 0) is 12.1 Å². The molecule has 1 aromatic heterocycles. The zero-order chi connectivity index (χ0) is 18.7. The van der Waals surface area contributed by atoms with E-state index in [4.69, 9.17) is 13.9 Å². The first-order chi connectivity index (χ1) is 13.2. The molecule has 0 radical (unpaired) electrons. The van der Waals surface area contributed by atoms with Crippen LogP contribution in [0.1, 0.15) is 29.8 Å². The Morgan fingerprint density at radius 2 is 1.67 bits per heavy atom. The van der Waals surface area contributed by atoms with Crippen molar-refractivity contribution in [3.05, 3.63) is 24.2 Å². The fourth-order valence-corrected chi connectivity index (χ4v) is 4.03. The molecule has 3 fully saturated rings. The third-order valence-corrected chi connectivity index (χ3v) is 5.72. The molecule has 0 bridgehead atoms. The van der Waals surface area contributed by atoms with Gasteiger partial charge in [0.25, 0.3) is 5.91 Å². The van der Waals surface area contributed by atoms with E-state index in [0.29, 0.717) is 51.6 Å². The summed E-state index contributed by atoms with van der Waals surface area (Å²) < 4.78 is 16.6. The summed E-state index contributed by atoms with van der Waals surface area (Å²) in [4.78, 5) is 30.8. The maximum absolute atomic E-state index is 12.5. The number of furan rings is 1. The second-order valence-corrected chi connectivity index (χ2v) is 7.35. The summed E-state index contributed by atoms with van der Waals surface area (Å²) in [5.74, 6) is 0.0798. The SMILES string of the molecule is O=C(CCN1CCN(C(=O)c2ccco2)CC1)N1CCC2(CC1)OCCO2. The Morgan fingerprint density at radius 3 is 2.30 bits per heavy atom. The summed E-state index contributed by atoms with van der Waals surface area (Å²) >= 11 is 0. The van der Waals surface area contributed by atoms with Crippen molar-refractivity contribution < 1.29 is 23.5 Å². The first-order valence-corrected chi connectivity index (χ1v) is 9.76. The zero-order valence-electron chi connectivity index (χ0n) is 15.6. The second-order valence-electron chi connectivity index (χ2n) is 7.35. The van der Waals surface area contributed by atoms with Gasteiger partial charge in [0.15, 0.2) is 11.5 Å². The molecule has 3 aliphatic rings. The Morgan fingerprint density at radius 1 is 0.963 bits per heavy atom. The summed E-state index contributed by atoms with van der Waals surface area (Å²) in [6, 6.07) is 3.42. The molecule has 0 unspecified atom stereocenters. The van der Waals surface area contributed by atoms with Crippen molar-refractivity contribution in [2.45, 2.75) is 25.0 Å². The van der Waals surface area contributed by atoms with E-state index in [0.717, 1.165) is 32.5 Å². The summed E-state index contributed by atoms with van der Waals surface area (Å²) in [7, 11) is 0. The molecule has 0 aromatic carbocycles. The number of carbonyl (C=O) groups is 2. The van der Waals surface area contributed by atoms with Crippen LogP contribution in [0, 0.1) is 0 Å². The summed E-state index contributed by atoms with van der Waals surface area (Å²) in [6.07, 6.45) is 3.54. The van der Waals surface area contributed by atoms with E-state index in [-0.39, 0.29) is 11.8 Å². The predicted octanol–water partition coefficient (Wildman–Crippen LogP) is 0.793. The third kappa shape index (κ3) is 4.17. The van der Waals surface area contributed by atoms with Crippen molar-refractivity contribution in [2.24, 2.45) is 0 Å². The lowest BCUT2D eigenvalue weighted by molar-refractivity contribution is -0.187. The lowest BCUT2D eigenvalue weighted by Crippen LogP contribution is -2.50. The molecule has 0 atom stereocenters. The van der Waals surface area contributed by atoms with Crippen LogP contribution in [0.2, 0.25) is 0 Å². The van der Waals surface area contributed by atoms with Gasteiger partial charge >= 0.3 is 0 Å². The fourth-order valence-electron chi connectivity index (χ4n) is 4.03. The van der Waals surface area contributed by atoms with Crippen molar-refractivity contribution in [3.8, 4) is 0 Å². The Labute approximate surface area is 159 Å². The highest BCUT2D eigenvalue weighted by molar-refractivity contribution is 5.91. The second kappa shape index (κ2) is 8.00. The van der Waals surface area contributed by atoms with Gasteiger partial charge in [0.05, 0.1) is 19.5 Å². The van der Waals surface area contributed by atoms with E-state index >= 15 is 0 Å². The molecule has 1 spiro atoms. The van der Waals surface area contributed by atoms with Gasteiger partial charge in [-0.15, -0.1) is 0 Å². The number of ether oxygens (including phenoxy) is 2. The van der Waals surface area contributed by atoms with Crippen molar-refractivity contribution in [1.29, 1.82) is 0 Å². The number of piperazine rings is 1. The summed E-state index contributed by atoms with van der Waals surface area (Å²) in [6.45, 7) is 6.33. The van der Waals surface area contributed by atoms with E-state index in [1.165, 1.54) is 6.26 Å². The van der Waals surface area contributed by atoms with Crippen LogP contribution < -0.4 is 0 Å². The minimum atomic E-state index is -0.437. The maximum atomic E-state index is 12.5. The Balaban J connectivity index is 1.17. The number of likely N-dealkylation sites (tertiary alicyclic amines) is 1. The Kier molecular flexibility index (Phi) is 5.47. The molecular weight excluding hydrogens is 350 g/mol. The van der Waals surface area contributed by atoms with E-state index in [2.05, 4.69) is 4.90 Å². The summed E-state index contributed by atoms with van der Waals surface area (Å²) in [5.41, 5.74) is 0. The van der Waals surface area contributed by atoms with Crippen molar-refractivity contribution in [1.82, 2.24) is 14.7 Å². The molecule has 27 heavy (non-hydrogen) atoms. The number of hydrogen-bond acceptors (Lipinski definition) is 6. The molecule has 8 nitrogen and oxygen atoms in total. The van der Waals surface area contributed by atoms with Crippen LogP contribution in [-0.2, 0) is 14.3 Å². The quantitative estimate of drug-likeness (QED) is 0.772. The van der Waals surface area contributed by atoms with Gasteiger partial charge in [0.1, 0.15) is 0 Å². The molecule has 0 saturated carbocycles. The van der Waals surface area contributed by atoms with Crippen LogP contribution in [0.15, 0.2) is 22.8 Å². The van der Waals surface area contributed by atoms with Gasteiger partial charge in [0, 0.05) is 65.1 Å². The minimum absolute atomic E-state index is 0.0608. The topological polar surface area (TPSA) is 75.5 Å². The van der Waals surface area contributed by atoms with Crippen LogP contribution in [-0.4, -0.2) is 91.3 Å². The number of piperidine rings is 1. The van der Waals surface area contributed by atoms with Crippen molar-refractivity contribution in [3.63, 3.8) is 0 Å². The molecule has 0 aliphatic carbocycles. The molecule has 3 saturated heterocycles.